The van der Waals surface area contributed by atoms with E-state index in [1.165, 1.54) is 11.0 Å². The van der Waals surface area contributed by atoms with Crippen LogP contribution in [0, 0.1) is 23.5 Å². The molecule has 0 saturated carbocycles. The van der Waals surface area contributed by atoms with E-state index in [-0.39, 0.29) is 41.9 Å². The van der Waals surface area contributed by atoms with Crippen molar-refractivity contribution in [3.8, 4) is 0 Å². The molecule has 0 spiro atoms. The van der Waals surface area contributed by atoms with Crippen molar-refractivity contribution in [3.63, 3.8) is 0 Å². The zero-order chi connectivity index (χ0) is 17.4. The molecule has 2 amide bonds. The molecule has 25 heavy (non-hydrogen) atoms. The molecule has 2 heterocycles. The van der Waals surface area contributed by atoms with E-state index in [9.17, 15) is 18.4 Å². The lowest BCUT2D eigenvalue weighted by Crippen LogP contribution is -2.42. The van der Waals surface area contributed by atoms with Crippen molar-refractivity contribution < 1.29 is 18.4 Å². The fraction of sp³-hybridized carbons (Fsp3) is 0.529. The van der Waals surface area contributed by atoms with Crippen LogP contribution in [0.4, 0.5) is 14.5 Å². The van der Waals surface area contributed by atoms with Crippen LogP contribution in [-0.2, 0) is 9.59 Å². The number of carbonyl (C=O) groups excluding carboxylic acids is 2. The van der Waals surface area contributed by atoms with Gasteiger partial charge in [0.25, 0.3) is 0 Å². The third kappa shape index (κ3) is 3.62. The molecule has 2 saturated heterocycles. The van der Waals surface area contributed by atoms with Crippen LogP contribution in [0.15, 0.2) is 18.2 Å². The van der Waals surface area contributed by atoms with E-state index in [0.29, 0.717) is 26.1 Å². The molecule has 1 aromatic rings. The highest BCUT2D eigenvalue weighted by Crippen LogP contribution is 2.30. The number of hydrogen-bond donors (Lipinski definition) is 1. The van der Waals surface area contributed by atoms with Crippen molar-refractivity contribution in [2.75, 3.05) is 24.5 Å². The van der Waals surface area contributed by atoms with Crippen molar-refractivity contribution in [2.24, 2.45) is 17.6 Å². The molecule has 2 fully saturated rings. The zero-order valence-corrected chi connectivity index (χ0v) is 14.8. The summed E-state index contributed by atoms with van der Waals surface area (Å²) in [5.41, 5.74) is 5.97. The van der Waals surface area contributed by atoms with Crippen LogP contribution >= 0.6 is 12.4 Å². The van der Waals surface area contributed by atoms with Gasteiger partial charge in [-0.3, -0.25) is 9.59 Å². The highest BCUT2D eigenvalue weighted by Gasteiger charge is 2.43. The van der Waals surface area contributed by atoms with Crippen LogP contribution in [0.5, 0.6) is 0 Å². The molecule has 3 unspecified atom stereocenters. The number of likely N-dealkylation sites (tertiary alicyclic amines) is 1. The van der Waals surface area contributed by atoms with Gasteiger partial charge in [0.05, 0.1) is 0 Å². The largest absolute Gasteiger partial charge is 0.339 e. The van der Waals surface area contributed by atoms with E-state index >= 15 is 0 Å². The van der Waals surface area contributed by atoms with Gasteiger partial charge in [0.1, 0.15) is 5.92 Å². The first-order valence-corrected chi connectivity index (χ1v) is 8.19. The van der Waals surface area contributed by atoms with Crippen molar-refractivity contribution in [2.45, 2.75) is 25.8 Å². The lowest BCUT2D eigenvalue weighted by Gasteiger charge is -2.24. The summed E-state index contributed by atoms with van der Waals surface area (Å²) in [6, 6.07) is 3.40. The molecule has 8 heteroatoms. The minimum atomic E-state index is -1.01. The first-order chi connectivity index (χ1) is 11.4. The van der Waals surface area contributed by atoms with Crippen molar-refractivity contribution >= 4 is 29.9 Å². The van der Waals surface area contributed by atoms with Gasteiger partial charge in [-0.2, -0.15) is 0 Å². The number of nitrogens with two attached hydrogens (primary N) is 1. The predicted octanol–water partition coefficient (Wildman–Crippen LogP) is 1.94. The first-order valence-electron chi connectivity index (χ1n) is 8.19. The highest BCUT2D eigenvalue weighted by molar-refractivity contribution is 6.09. The number of hydrogen-bond acceptors (Lipinski definition) is 3. The van der Waals surface area contributed by atoms with Crippen molar-refractivity contribution in [3.05, 3.63) is 29.8 Å². The monoisotopic (exact) mass is 373 g/mol. The number of rotatable bonds is 3. The van der Waals surface area contributed by atoms with Gasteiger partial charge in [0.15, 0.2) is 11.6 Å². The summed E-state index contributed by atoms with van der Waals surface area (Å²) >= 11 is 0. The number of halogens is 3. The smallest absolute Gasteiger partial charge is 0.239 e. The summed E-state index contributed by atoms with van der Waals surface area (Å²) in [5, 5.41) is 0. The lowest BCUT2D eigenvalue weighted by atomic mass is 10.1. The standard InChI is InChI=1S/C17H21F2N3O2.ClH/c1-10-6-11(8-20)9-22(10)17(24)13-4-5-21(16(13)23)12-2-3-14(18)15(19)7-12;/h2-3,7,10-11,13H,4-6,8-9,20H2,1H3;1H. The highest BCUT2D eigenvalue weighted by atomic mass is 35.5. The third-order valence-electron chi connectivity index (χ3n) is 5.00. The molecule has 0 aromatic heterocycles. The number of nitrogens with zero attached hydrogens (tertiary/aromatic N) is 2. The van der Waals surface area contributed by atoms with Crippen LogP contribution in [0.3, 0.4) is 0 Å². The fourth-order valence-corrected chi connectivity index (χ4v) is 3.64. The summed E-state index contributed by atoms with van der Waals surface area (Å²) in [6.07, 6.45) is 1.23. The SMILES string of the molecule is CC1CC(CN)CN1C(=O)C1CCN(c2ccc(F)c(F)c2)C1=O.Cl. The molecular weight excluding hydrogens is 352 g/mol. The van der Waals surface area contributed by atoms with Crippen LogP contribution in [0.25, 0.3) is 0 Å². The summed E-state index contributed by atoms with van der Waals surface area (Å²) in [5.74, 6) is -2.99. The van der Waals surface area contributed by atoms with Gasteiger partial charge < -0.3 is 15.5 Å². The van der Waals surface area contributed by atoms with E-state index in [1.54, 1.807) is 4.90 Å². The molecule has 5 nitrogen and oxygen atoms in total. The molecule has 0 aliphatic carbocycles. The summed E-state index contributed by atoms with van der Waals surface area (Å²) in [7, 11) is 0. The molecule has 3 rings (SSSR count). The van der Waals surface area contributed by atoms with E-state index in [1.807, 2.05) is 6.92 Å². The predicted molar refractivity (Wildman–Crippen MR) is 92.4 cm³/mol. The number of amides is 2. The topological polar surface area (TPSA) is 66.6 Å². The first kappa shape index (κ1) is 19.6. The minimum absolute atomic E-state index is 0. The summed E-state index contributed by atoms with van der Waals surface area (Å²) in [4.78, 5) is 28.4. The van der Waals surface area contributed by atoms with Gasteiger partial charge in [-0.1, -0.05) is 0 Å². The van der Waals surface area contributed by atoms with E-state index in [4.69, 9.17) is 5.73 Å². The number of anilines is 1. The maximum atomic E-state index is 13.4. The Morgan fingerprint density at radius 3 is 2.64 bits per heavy atom. The van der Waals surface area contributed by atoms with E-state index in [0.717, 1.165) is 18.6 Å². The van der Waals surface area contributed by atoms with Crippen molar-refractivity contribution in [1.82, 2.24) is 4.90 Å². The van der Waals surface area contributed by atoms with Crippen LogP contribution in [0.2, 0.25) is 0 Å². The fourth-order valence-electron chi connectivity index (χ4n) is 3.64. The average Bonchev–Trinajstić information content (AvgIpc) is 3.12. The Bertz CT molecular complexity index is 673. The average molecular weight is 374 g/mol. The molecule has 0 radical (unpaired) electrons. The van der Waals surface area contributed by atoms with E-state index in [2.05, 4.69) is 0 Å². The Kier molecular flexibility index (Phi) is 6.00. The molecule has 0 bridgehead atoms. The second kappa shape index (κ2) is 7.66. The second-order valence-corrected chi connectivity index (χ2v) is 6.61. The van der Waals surface area contributed by atoms with Gasteiger partial charge in [-0.05, 0) is 44.4 Å². The summed E-state index contributed by atoms with van der Waals surface area (Å²) in [6.45, 7) is 3.38. The Hall–Kier alpha value is -1.73. The second-order valence-electron chi connectivity index (χ2n) is 6.61. The molecular formula is C17H22ClF2N3O2. The molecule has 3 atom stereocenters. The van der Waals surface area contributed by atoms with Crippen LogP contribution < -0.4 is 10.6 Å². The number of benzene rings is 1. The van der Waals surface area contributed by atoms with Gasteiger partial charge in [-0.15, -0.1) is 12.4 Å². The Labute approximate surface area is 151 Å². The quantitative estimate of drug-likeness (QED) is 0.823. The number of carbonyl (C=O) groups is 2. The van der Waals surface area contributed by atoms with Crippen LogP contribution in [0.1, 0.15) is 19.8 Å². The van der Waals surface area contributed by atoms with Gasteiger partial charge in [0, 0.05) is 30.9 Å². The zero-order valence-electron chi connectivity index (χ0n) is 14.0. The molecule has 2 N–H and O–H groups in total. The molecule has 138 valence electrons. The normalized spacial score (nSPS) is 26.1. The van der Waals surface area contributed by atoms with Crippen LogP contribution in [-0.4, -0.2) is 42.4 Å². The van der Waals surface area contributed by atoms with E-state index < -0.39 is 17.6 Å². The molecule has 2 aliphatic rings. The Balaban J connectivity index is 0.00000225. The third-order valence-corrected chi connectivity index (χ3v) is 5.00. The van der Waals surface area contributed by atoms with Gasteiger partial charge in [0.2, 0.25) is 11.8 Å². The minimum Gasteiger partial charge on any atom is -0.339 e. The van der Waals surface area contributed by atoms with Crippen molar-refractivity contribution in [1.29, 1.82) is 0 Å². The maximum Gasteiger partial charge on any atom is 0.239 e. The molecule has 1 aromatic carbocycles. The van der Waals surface area contributed by atoms with Gasteiger partial charge in [-0.25, -0.2) is 8.78 Å². The Morgan fingerprint density at radius 1 is 1.32 bits per heavy atom. The van der Waals surface area contributed by atoms with Gasteiger partial charge >= 0.3 is 0 Å². The summed E-state index contributed by atoms with van der Waals surface area (Å²) < 4.78 is 26.5. The maximum absolute atomic E-state index is 13.4. The Morgan fingerprint density at radius 2 is 2.04 bits per heavy atom. The lowest BCUT2D eigenvalue weighted by molar-refractivity contribution is -0.140. The molecule has 2 aliphatic heterocycles.